The predicted molar refractivity (Wildman–Crippen MR) is 113 cm³/mol. The van der Waals surface area contributed by atoms with Gasteiger partial charge in [0.25, 0.3) is 5.91 Å². The lowest BCUT2D eigenvalue weighted by Gasteiger charge is -2.27. The van der Waals surface area contributed by atoms with Gasteiger partial charge < -0.3 is 11.1 Å². The van der Waals surface area contributed by atoms with Gasteiger partial charge in [0.05, 0.1) is 11.1 Å². The molecule has 1 aliphatic heterocycles. The number of amides is 1. The lowest BCUT2D eigenvalue weighted by Crippen LogP contribution is -2.30. The van der Waals surface area contributed by atoms with Gasteiger partial charge in [-0.2, -0.15) is 13.2 Å². The molecule has 1 aromatic carbocycles. The first-order valence-electron chi connectivity index (χ1n) is 9.69. The van der Waals surface area contributed by atoms with Gasteiger partial charge in [-0.3, -0.25) is 9.69 Å². The van der Waals surface area contributed by atoms with Crippen LogP contribution in [0.3, 0.4) is 0 Å². The number of fused-ring (bicyclic) bond motifs is 1. The number of hydrogen-bond acceptors (Lipinski definition) is 6. The monoisotopic (exact) mass is 465 g/mol. The maximum absolute atomic E-state index is 13.6. The molecule has 6 nitrogen and oxygen atoms in total. The van der Waals surface area contributed by atoms with E-state index in [0.29, 0.717) is 37.7 Å². The number of nitrogens with one attached hydrogen (secondary N) is 1. The summed E-state index contributed by atoms with van der Waals surface area (Å²) < 4.78 is 52.4. The highest BCUT2D eigenvalue weighted by Crippen LogP contribution is 2.33. The number of hydrogen-bond donors (Lipinski definition) is 2. The number of aromatic nitrogens is 2. The Morgan fingerprint density at radius 3 is 2.81 bits per heavy atom. The summed E-state index contributed by atoms with van der Waals surface area (Å²) in [6, 6.07) is 1.98. The Morgan fingerprint density at radius 1 is 1.31 bits per heavy atom. The fraction of sp³-hybridized carbons (Fsp3) is 0.286. The number of thiophene rings is 1. The largest absolute Gasteiger partial charge is 0.416 e. The van der Waals surface area contributed by atoms with Crippen LogP contribution >= 0.6 is 11.3 Å². The topological polar surface area (TPSA) is 84.1 Å². The number of nitrogens with two attached hydrogens (primary N) is 1. The summed E-state index contributed by atoms with van der Waals surface area (Å²) >= 11 is 1.41. The molecule has 168 valence electrons. The number of rotatable bonds is 4. The zero-order valence-corrected chi connectivity index (χ0v) is 17.8. The van der Waals surface area contributed by atoms with Crippen LogP contribution < -0.4 is 11.1 Å². The highest BCUT2D eigenvalue weighted by molar-refractivity contribution is 7.10. The van der Waals surface area contributed by atoms with Crippen molar-refractivity contribution in [2.24, 2.45) is 0 Å². The van der Waals surface area contributed by atoms with E-state index in [4.69, 9.17) is 5.73 Å². The van der Waals surface area contributed by atoms with Crippen LogP contribution in [0.4, 0.5) is 29.2 Å². The van der Waals surface area contributed by atoms with Crippen LogP contribution in [0.25, 0.3) is 0 Å². The second-order valence-corrected chi connectivity index (χ2v) is 8.50. The molecule has 0 radical (unpaired) electrons. The van der Waals surface area contributed by atoms with Crippen molar-refractivity contribution in [3.63, 3.8) is 0 Å². The van der Waals surface area contributed by atoms with E-state index in [0.717, 1.165) is 33.8 Å². The van der Waals surface area contributed by atoms with Crippen molar-refractivity contribution in [1.82, 2.24) is 14.9 Å². The third-order valence-electron chi connectivity index (χ3n) is 5.25. The average Bonchev–Trinajstić information content (AvgIpc) is 3.12. The molecule has 1 aliphatic rings. The van der Waals surface area contributed by atoms with Crippen LogP contribution in [-0.4, -0.2) is 27.3 Å². The fourth-order valence-electron chi connectivity index (χ4n) is 3.64. The number of aryl methyl sites for hydroxylation is 1. The second-order valence-electron chi connectivity index (χ2n) is 7.53. The van der Waals surface area contributed by atoms with Crippen molar-refractivity contribution < 1.29 is 22.4 Å². The molecule has 32 heavy (non-hydrogen) atoms. The Morgan fingerprint density at radius 2 is 2.09 bits per heavy atom. The van der Waals surface area contributed by atoms with Crippen LogP contribution in [-0.2, 0) is 25.7 Å². The van der Waals surface area contributed by atoms with Crippen LogP contribution in [0.5, 0.6) is 0 Å². The minimum atomic E-state index is -4.71. The van der Waals surface area contributed by atoms with E-state index in [1.54, 1.807) is 11.6 Å². The van der Waals surface area contributed by atoms with Gasteiger partial charge >= 0.3 is 6.18 Å². The molecule has 0 fully saturated rings. The van der Waals surface area contributed by atoms with Crippen LogP contribution in [0.2, 0.25) is 0 Å². The SMILES string of the molecule is Cc1nc(N)ncc1CN1CCc2c(C(=O)Nc3cc(F)cc(C(F)(F)F)c3)csc2C1. The molecular weight excluding hydrogens is 446 g/mol. The van der Waals surface area contributed by atoms with Crippen molar-refractivity contribution in [3.8, 4) is 0 Å². The molecule has 11 heteroatoms. The number of benzene rings is 1. The van der Waals surface area contributed by atoms with Gasteiger partial charge in [-0.1, -0.05) is 0 Å². The number of anilines is 2. The first-order chi connectivity index (χ1) is 15.1. The zero-order valence-electron chi connectivity index (χ0n) is 17.0. The standard InChI is InChI=1S/C21H19F4N5OS/c1-11-12(7-27-20(26)28-11)8-30-3-2-16-17(10-32-18(16)9-30)19(31)29-15-5-13(21(23,24)25)4-14(22)6-15/h4-7,10H,2-3,8-9H2,1H3,(H,29,31)(H2,26,27,28). The highest BCUT2D eigenvalue weighted by Gasteiger charge is 2.32. The average molecular weight is 465 g/mol. The van der Waals surface area contributed by atoms with E-state index in [9.17, 15) is 22.4 Å². The predicted octanol–water partition coefficient (Wildman–Crippen LogP) is 4.40. The number of alkyl halides is 3. The molecule has 3 N–H and O–H groups in total. The third kappa shape index (κ3) is 4.73. The van der Waals surface area contributed by atoms with Gasteiger partial charge in [-0.25, -0.2) is 14.4 Å². The number of carbonyl (C=O) groups excluding carboxylic acids is 1. The maximum Gasteiger partial charge on any atom is 0.416 e. The first kappa shape index (κ1) is 22.2. The zero-order chi connectivity index (χ0) is 23.0. The van der Waals surface area contributed by atoms with E-state index in [2.05, 4.69) is 20.2 Å². The van der Waals surface area contributed by atoms with Crippen LogP contribution in [0.1, 0.15) is 37.6 Å². The summed E-state index contributed by atoms with van der Waals surface area (Å²) in [4.78, 5) is 24.1. The Kier molecular flexibility index (Phi) is 5.87. The maximum atomic E-state index is 13.6. The summed E-state index contributed by atoms with van der Waals surface area (Å²) in [5.74, 6) is -1.40. The van der Waals surface area contributed by atoms with Crippen LogP contribution in [0.15, 0.2) is 29.8 Å². The Bertz CT molecular complexity index is 1180. The lowest BCUT2D eigenvalue weighted by molar-refractivity contribution is -0.137. The number of halogens is 4. The minimum Gasteiger partial charge on any atom is -0.368 e. The van der Waals surface area contributed by atoms with E-state index in [-0.39, 0.29) is 11.6 Å². The molecule has 0 saturated heterocycles. The van der Waals surface area contributed by atoms with Crippen LogP contribution in [0, 0.1) is 12.7 Å². The quantitative estimate of drug-likeness (QED) is 0.558. The van der Waals surface area contributed by atoms with Crippen molar-refractivity contribution in [2.75, 3.05) is 17.6 Å². The molecule has 0 atom stereocenters. The smallest absolute Gasteiger partial charge is 0.368 e. The second kappa shape index (κ2) is 8.47. The van der Waals surface area contributed by atoms with Gasteiger partial charge in [0.15, 0.2) is 0 Å². The number of nitrogens with zero attached hydrogens (tertiary/aromatic N) is 3. The van der Waals surface area contributed by atoms with Crippen molar-refractivity contribution in [1.29, 1.82) is 0 Å². The fourth-order valence-corrected chi connectivity index (χ4v) is 4.76. The molecule has 4 rings (SSSR count). The molecular formula is C21H19F4N5OS. The summed E-state index contributed by atoms with van der Waals surface area (Å²) in [6.45, 7) is 3.81. The summed E-state index contributed by atoms with van der Waals surface area (Å²) in [5, 5.41) is 4.08. The van der Waals surface area contributed by atoms with Crippen molar-refractivity contribution >= 4 is 28.9 Å². The number of carbonyl (C=O) groups is 1. The Hall–Kier alpha value is -3.05. The Balaban J connectivity index is 1.48. The molecule has 0 aliphatic carbocycles. The molecule has 0 saturated carbocycles. The molecule has 0 spiro atoms. The summed E-state index contributed by atoms with van der Waals surface area (Å²) in [6.07, 6.45) is -2.40. The molecule has 3 aromatic rings. The lowest BCUT2D eigenvalue weighted by atomic mass is 10.0. The van der Waals surface area contributed by atoms with Gasteiger partial charge in [-0.15, -0.1) is 11.3 Å². The van der Waals surface area contributed by atoms with Gasteiger partial charge in [0, 0.05) is 53.0 Å². The van der Waals surface area contributed by atoms with Crippen molar-refractivity contribution in [3.05, 3.63) is 68.4 Å². The van der Waals surface area contributed by atoms with Gasteiger partial charge in [0.1, 0.15) is 5.82 Å². The molecule has 2 aromatic heterocycles. The molecule has 0 bridgehead atoms. The third-order valence-corrected chi connectivity index (χ3v) is 6.26. The van der Waals surface area contributed by atoms with Crippen molar-refractivity contribution in [2.45, 2.75) is 32.6 Å². The first-order valence-corrected chi connectivity index (χ1v) is 10.6. The molecule has 0 unspecified atom stereocenters. The minimum absolute atomic E-state index is 0.224. The summed E-state index contributed by atoms with van der Waals surface area (Å²) in [5.41, 5.74) is 7.24. The van der Waals surface area contributed by atoms with Gasteiger partial charge in [-0.05, 0) is 37.1 Å². The van der Waals surface area contributed by atoms with Gasteiger partial charge in [0.2, 0.25) is 5.95 Å². The summed E-state index contributed by atoms with van der Waals surface area (Å²) in [7, 11) is 0. The molecule has 3 heterocycles. The van der Waals surface area contributed by atoms with E-state index >= 15 is 0 Å². The Labute approximate surface area is 185 Å². The number of nitrogen functional groups attached to an aromatic ring is 1. The highest BCUT2D eigenvalue weighted by atomic mass is 32.1. The molecule has 1 amide bonds. The van der Waals surface area contributed by atoms with E-state index in [1.165, 1.54) is 11.3 Å². The van der Waals surface area contributed by atoms with E-state index < -0.39 is 23.5 Å². The normalized spacial score (nSPS) is 14.3. The van der Waals surface area contributed by atoms with E-state index in [1.807, 2.05) is 6.92 Å².